The van der Waals surface area contributed by atoms with E-state index >= 15 is 0 Å². The summed E-state index contributed by atoms with van der Waals surface area (Å²) in [6.07, 6.45) is 8.18. The molecule has 1 atom stereocenters. The van der Waals surface area contributed by atoms with Crippen LogP contribution < -0.4 is 15.4 Å². The summed E-state index contributed by atoms with van der Waals surface area (Å²) in [4.78, 5) is 20.4. The molecule has 0 bridgehead atoms. The number of amides is 1. The van der Waals surface area contributed by atoms with E-state index < -0.39 is 15.7 Å². The molecule has 36 heavy (non-hydrogen) atoms. The number of alkyl halides is 1. The van der Waals surface area contributed by atoms with Gasteiger partial charge in [0, 0.05) is 48.1 Å². The molecule has 1 aromatic carbocycles. The zero-order valence-corrected chi connectivity index (χ0v) is 21.4. The number of carbonyl (C=O) groups excluding carboxylic acids is 1. The molecule has 2 aromatic heterocycles. The Morgan fingerprint density at radius 3 is 2.56 bits per heavy atom. The molecular formula is C26H30FN5O3S. The highest BCUT2D eigenvalue weighted by atomic mass is 32.2. The third kappa shape index (κ3) is 5.34. The summed E-state index contributed by atoms with van der Waals surface area (Å²) in [5, 5.41) is 7.53. The number of hydrogen-bond donors (Lipinski definition) is 3. The van der Waals surface area contributed by atoms with E-state index in [0.29, 0.717) is 29.8 Å². The molecule has 0 aliphatic heterocycles. The van der Waals surface area contributed by atoms with Crippen LogP contribution in [0.5, 0.6) is 0 Å². The molecule has 3 N–H and O–H groups in total. The molecule has 1 unspecified atom stereocenters. The van der Waals surface area contributed by atoms with Crippen LogP contribution in [0.15, 0.2) is 41.7 Å². The monoisotopic (exact) mass is 511 g/mol. The van der Waals surface area contributed by atoms with Crippen LogP contribution in [-0.2, 0) is 27.7 Å². The third-order valence-corrected chi connectivity index (χ3v) is 8.01. The normalized spacial score (nSPS) is 17.7. The highest BCUT2D eigenvalue weighted by Crippen LogP contribution is 2.42. The topological polar surface area (TPSA) is 113 Å². The smallest absolute Gasteiger partial charge is 0.241 e. The quantitative estimate of drug-likeness (QED) is 0.420. The molecule has 190 valence electrons. The summed E-state index contributed by atoms with van der Waals surface area (Å²) in [5.74, 6) is 0.181. The Morgan fingerprint density at radius 1 is 1.11 bits per heavy atom. The minimum atomic E-state index is -3.99. The SMILES string of the molecule is CC(=O)Nc1cncc(NC2Cc3cc4cnc(C5CC5)cc4c(S(=O)(=O)NCC(C)(C)F)c3C2)c1. The Bertz CT molecular complexity index is 1450. The molecule has 2 heterocycles. The van der Waals surface area contributed by atoms with Gasteiger partial charge in [-0.15, -0.1) is 0 Å². The maximum absolute atomic E-state index is 14.2. The predicted octanol–water partition coefficient (Wildman–Crippen LogP) is 4.07. The van der Waals surface area contributed by atoms with Crippen LogP contribution in [0.2, 0.25) is 0 Å². The lowest BCUT2D eigenvalue weighted by atomic mass is 10.0. The summed E-state index contributed by atoms with van der Waals surface area (Å²) in [6, 6.07) is 5.63. The number of benzene rings is 1. The zero-order valence-electron chi connectivity index (χ0n) is 20.6. The van der Waals surface area contributed by atoms with E-state index in [9.17, 15) is 17.6 Å². The second-order valence-corrected chi connectivity index (χ2v) is 12.1. The molecule has 1 amide bonds. The van der Waals surface area contributed by atoms with Gasteiger partial charge in [0.15, 0.2) is 0 Å². The van der Waals surface area contributed by atoms with Gasteiger partial charge in [-0.2, -0.15) is 0 Å². The molecule has 0 spiro atoms. The second kappa shape index (κ2) is 9.08. The van der Waals surface area contributed by atoms with Gasteiger partial charge < -0.3 is 10.6 Å². The van der Waals surface area contributed by atoms with Crippen molar-refractivity contribution in [3.05, 3.63) is 53.6 Å². The van der Waals surface area contributed by atoms with Gasteiger partial charge >= 0.3 is 0 Å². The van der Waals surface area contributed by atoms with Crippen LogP contribution in [0.1, 0.15) is 56.4 Å². The Hall–Kier alpha value is -3.11. The van der Waals surface area contributed by atoms with Gasteiger partial charge in [0.05, 0.1) is 28.7 Å². The predicted molar refractivity (Wildman–Crippen MR) is 137 cm³/mol. The highest BCUT2D eigenvalue weighted by molar-refractivity contribution is 7.89. The first-order chi connectivity index (χ1) is 17.0. The highest BCUT2D eigenvalue weighted by Gasteiger charge is 2.33. The van der Waals surface area contributed by atoms with Crippen molar-refractivity contribution in [2.24, 2.45) is 0 Å². The van der Waals surface area contributed by atoms with Crippen LogP contribution in [0.25, 0.3) is 10.8 Å². The number of hydrogen-bond acceptors (Lipinski definition) is 6. The van der Waals surface area contributed by atoms with Gasteiger partial charge in [0.25, 0.3) is 0 Å². The van der Waals surface area contributed by atoms with Gasteiger partial charge in [-0.1, -0.05) is 0 Å². The van der Waals surface area contributed by atoms with Crippen LogP contribution in [0, 0.1) is 0 Å². The first kappa shape index (κ1) is 24.6. The van der Waals surface area contributed by atoms with Gasteiger partial charge in [0.1, 0.15) is 5.67 Å². The summed E-state index contributed by atoms with van der Waals surface area (Å²) < 4.78 is 43.9. The van der Waals surface area contributed by atoms with E-state index in [0.717, 1.165) is 40.7 Å². The molecule has 5 rings (SSSR count). The van der Waals surface area contributed by atoms with Crippen molar-refractivity contribution < 1.29 is 17.6 Å². The van der Waals surface area contributed by atoms with Crippen molar-refractivity contribution in [1.29, 1.82) is 0 Å². The molecule has 8 nitrogen and oxygen atoms in total. The van der Waals surface area contributed by atoms with Gasteiger partial charge in [-0.05, 0) is 68.9 Å². The average Bonchev–Trinajstić information content (AvgIpc) is 3.56. The number of aromatic nitrogens is 2. The summed E-state index contributed by atoms with van der Waals surface area (Å²) >= 11 is 0. The number of anilines is 2. The van der Waals surface area contributed by atoms with E-state index in [2.05, 4.69) is 25.3 Å². The number of sulfonamides is 1. The fourth-order valence-electron chi connectivity index (χ4n) is 4.74. The van der Waals surface area contributed by atoms with Crippen LogP contribution in [0.4, 0.5) is 15.8 Å². The van der Waals surface area contributed by atoms with Crippen molar-refractivity contribution in [3.8, 4) is 0 Å². The van der Waals surface area contributed by atoms with Crippen molar-refractivity contribution in [2.75, 3.05) is 17.2 Å². The number of rotatable bonds is 8. The minimum Gasteiger partial charge on any atom is -0.380 e. The largest absolute Gasteiger partial charge is 0.380 e. The molecular weight excluding hydrogens is 481 g/mol. The summed E-state index contributed by atoms with van der Waals surface area (Å²) in [5.41, 5.74) is 2.18. The van der Waals surface area contributed by atoms with Crippen LogP contribution in [0.3, 0.4) is 0 Å². The zero-order chi connectivity index (χ0) is 25.7. The lowest BCUT2D eigenvalue weighted by molar-refractivity contribution is -0.114. The molecule has 10 heteroatoms. The first-order valence-electron chi connectivity index (χ1n) is 12.1. The van der Waals surface area contributed by atoms with Crippen molar-refractivity contribution in [1.82, 2.24) is 14.7 Å². The molecule has 0 radical (unpaired) electrons. The molecule has 0 saturated heterocycles. The Kier molecular flexibility index (Phi) is 6.20. The van der Waals surface area contributed by atoms with Gasteiger partial charge in [-0.3, -0.25) is 14.8 Å². The lowest BCUT2D eigenvalue weighted by Gasteiger charge is -2.18. The first-order valence-corrected chi connectivity index (χ1v) is 13.6. The van der Waals surface area contributed by atoms with Crippen molar-refractivity contribution in [3.63, 3.8) is 0 Å². The summed E-state index contributed by atoms with van der Waals surface area (Å²) in [7, 11) is -3.99. The lowest BCUT2D eigenvalue weighted by Crippen LogP contribution is -2.36. The Labute approximate surface area is 210 Å². The van der Waals surface area contributed by atoms with E-state index in [1.54, 1.807) is 24.7 Å². The van der Waals surface area contributed by atoms with E-state index in [1.165, 1.54) is 20.8 Å². The number of carbonyl (C=O) groups is 1. The Morgan fingerprint density at radius 2 is 1.86 bits per heavy atom. The second-order valence-electron chi connectivity index (χ2n) is 10.4. The van der Waals surface area contributed by atoms with Crippen molar-refractivity contribution in [2.45, 2.75) is 69.0 Å². The van der Waals surface area contributed by atoms with E-state index in [-0.39, 0.29) is 23.4 Å². The maximum atomic E-state index is 14.2. The standard InChI is InChI=1S/C26H30FN5O3S/c1-15(33)31-20-8-21(13-28-12-20)32-19-7-17-6-18-11-29-24(16-4-5-16)10-23(18)25(22(17)9-19)36(34,35)30-14-26(2,3)27/h6,8,10-13,16,19,30,32H,4-5,7,9,14H2,1-3H3,(H,31,33). The number of pyridine rings is 2. The molecule has 3 aromatic rings. The number of fused-ring (bicyclic) bond motifs is 2. The molecule has 2 aliphatic carbocycles. The number of halogens is 1. The summed E-state index contributed by atoms with van der Waals surface area (Å²) in [6.45, 7) is 3.81. The molecule has 2 aliphatic rings. The minimum absolute atomic E-state index is 0.0754. The molecule has 1 fully saturated rings. The van der Waals surface area contributed by atoms with Gasteiger partial charge in [-0.25, -0.2) is 17.5 Å². The van der Waals surface area contributed by atoms with Crippen LogP contribution in [-0.4, -0.2) is 42.5 Å². The molecule has 1 saturated carbocycles. The van der Waals surface area contributed by atoms with E-state index in [1.807, 2.05) is 12.1 Å². The van der Waals surface area contributed by atoms with Gasteiger partial charge in [0.2, 0.25) is 15.9 Å². The fraction of sp³-hybridized carbons (Fsp3) is 0.423. The fourth-order valence-corrected chi connectivity index (χ4v) is 6.43. The van der Waals surface area contributed by atoms with Crippen LogP contribution >= 0.6 is 0 Å². The van der Waals surface area contributed by atoms with E-state index in [4.69, 9.17) is 0 Å². The third-order valence-electron chi connectivity index (χ3n) is 6.49. The Balaban J connectivity index is 1.52. The van der Waals surface area contributed by atoms with Crippen molar-refractivity contribution >= 4 is 38.1 Å². The number of nitrogens with zero attached hydrogens (tertiary/aromatic N) is 2. The maximum Gasteiger partial charge on any atom is 0.241 e. The number of nitrogens with one attached hydrogen (secondary N) is 3. The average molecular weight is 512 g/mol.